The number of nitrogens with zero attached hydrogens (tertiary/aromatic N) is 4. The second-order valence-electron chi connectivity index (χ2n) is 7.18. The first-order chi connectivity index (χ1) is 14.1. The van der Waals surface area contributed by atoms with Gasteiger partial charge in [0.2, 0.25) is 0 Å². The van der Waals surface area contributed by atoms with E-state index in [2.05, 4.69) is 28.4 Å². The molecule has 0 spiro atoms. The number of aromatic nitrogens is 3. The second-order valence-corrected chi connectivity index (χ2v) is 7.61. The first-order valence-corrected chi connectivity index (χ1v) is 10.0. The molecular weight excluding hydrogens is 388 g/mol. The van der Waals surface area contributed by atoms with E-state index >= 15 is 0 Å². The molecule has 0 unspecified atom stereocenters. The van der Waals surface area contributed by atoms with Crippen LogP contribution >= 0.6 is 11.6 Å². The van der Waals surface area contributed by atoms with Crippen molar-refractivity contribution >= 4 is 17.5 Å². The molecule has 1 aliphatic rings. The van der Waals surface area contributed by atoms with Gasteiger partial charge in [0.15, 0.2) is 0 Å². The maximum atomic E-state index is 13.6. The Hall–Kier alpha value is -2.70. The molecule has 1 saturated heterocycles. The Morgan fingerprint density at radius 3 is 2.41 bits per heavy atom. The Morgan fingerprint density at radius 1 is 1.10 bits per heavy atom. The minimum Gasteiger partial charge on any atom is -0.378 e. The van der Waals surface area contributed by atoms with E-state index in [4.69, 9.17) is 16.3 Å². The topological polar surface area (TPSA) is 60.2 Å². The van der Waals surface area contributed by atoms with Crippen LogP contribution in [-0.4, -0.2) is 51.6 Å². The largest absolute Gasteiger partial charge is 0.378 e. The zero-order valence-corrected chi connectivity index (χ0v) is 17.3. The molecule has 0 atom stereocenters. The van der Waals surface area contributed by atoms with Gasteiger partial charge in [-0.15, -0.1) is 0 Å². The summed E-state index contributed by atoms with van der Waals surface area (Å²) >= 11 is 6.10. The molecule has 0 bridgehead atoms. The smallest absolute Gasteiger partial charge is 0.271 e. The zero-order valence-electron chi connectivity index (χ0n) is 16.6. The summed E-state index contributed by atoms with van der Waals surface area (Å²) in [6.07, 6.45) is 5.08. The normalized spacial score (nSPS) is 14.2. The fourth-order valence-electron chi connectivity index (χ4n) is 3.76. The third kappa shape index (κ3) is 3.91. The highest BCUT2D eigenvalue weighted by Gasteiger charge is 2.28. The Kier molecular flexibility index (Phi) is 5.65. The van der Waals surface area contributed by atoms with E-state index < -0.39 is 0 Å². The molecule has 6 nitrogen and oxygen atoms in total. The molecule has 1 fully saturated rings. The molecule has 0 radical (unpaired) electrons. The van der Waals surface area contributed by atoms with Crippen molar-refractivity contribution in [3.8, 4) is 11.1 Å². The van der Waals surface area contributed by atoms with Gasteiger partial charge in [0.05, 0.1) is 19.8 Å². The summed E-state index contributed by atoms with van der Waals surface area (Å²) in [6, 6.07) is 7.65. The van der Waals surface area contributed by atoms with Crippen LogP contribution in [0, 0.1) is 13.8 Å². The quantitative estimate of drug-likeness (QED) is 0.657. The Balaban J connectivity index is 1.86. The first kappa shape index (κ1) is 19.6. The summed E-state index contributed by atoms with van der Waals surface area (Å²) in [6.45, 7) is 6.96. The minimum atomic E-state index is 0.0197. The summed E-state index contributed by atoms with van der Waals surface area (Å²) in [5.74, 6) is 0.0197. The van der Waals surface area contributed by atoms with Gasteiger partial charge in [-0.05, 0) is 37.1 Å². The van der Waals surface area contributed by atoms with Crippen molar-refractivity contribution in [2.75, 3.05) is 26.3 Å². The van der Waals surface area contributed by atoms with Gasteiger partial charge < -0.3 is 14.2 Å². The zero-order chi connectivity index (χ0) is 20.4. The molecule has 3 aromatic rings. The number of benzene rings is 1. The minimum absolute atomic E-state index is 0.0197. The third-order valence-corrected chi connectivity index (χ3v) is 5.67. The van der Waals surface area contributed by atoms with Gasteiger partial charge in [-0.1, -0.05) is 23.7 Å². The standard InChI is InChI=1S/C22H23ClN4O2/c1-15-16(2)27(13-17-11-24-14-25-12-17)21(22(28)26-7-9-29-10-8-26)20(15)18-3-5-19(23)6-4-18/h3-6,11-12,14H,7-10,13H2,1-2H3. The van der Waals surface area contributed by atoms with Crippen molar-refractivity contribution in [1.29, 1.82) is 0 Å². The van der Waals surface area contributed by atoms with Crippen molar-refractivity contribution in [2.45, 2.75) is 20.4 Å². The van der Waals surface area contributed by atoms with Crippen molar-refractivity contribution < 1.29 is 9.53 Å². The highest BCUT2D eigenvalue weighted by atomic mass is 35.5. The van der Waals surface area contributed by atoms with E-state index in [9.17, 15) is 4.79 Å². The number of halogens is 1. The fourth-order valence-corrected chi connectivity index (χ4v) is 3.89. The molecule has 150 valence electrons. The number of carbonyl (C=O) groups excluding carboxylic acids is 1. The SMILES string of the molecule is Cc1c(-c2ccc(Cl)cc2)c(C(=O)N2CCOCC2)n(Cc2cncnc2)c1C. The lowest BCUT2D eigenvalue weighted by molar-refractivity contribution is 0.0296. The van der Waals surface area contributed by atoms with Crippen LogP contribution in [0.15, 0.2) is 43.0 Å². The number of ether oxygens (including phenoxy) is 1. The van der Waals surface area contributed by atoms with Crippen LogP contribution in [0.25, 0.3) is 11.1 Å². The number of hydrogen-bond donors (Lipinski definition) is 0. The van der Waals surface area contributed by atoms with Crippen LogP contribution in [-0.2, 0) is 11.3 Å². The highest BCUT2D eigenvalue weighted by molar-refractivity contribution is 6.30. The van der Waals surface area contributed by atoms with E-state index in [0.29, 0.717) is 43.6 Å². The molecule has 7 heteroatoms. The van der Waals surface area contributed by atoms with E-state index in [1.807, 2.05) is 29.2 Å². The van der Waals surface area contributed by atoms with Crippen molar-refractivity contribution in [1.82, 2.24) is 19.4 Å². The van der Waals surface area contributed by atoms with Crippen molar-refractivity contribution in [3.05, 3.63) is 70.5 Å². The van der Waals surface area contributed by atoms with E-state index in [0.717, 1.165) is 27.9 Å². The van der Waals surface area contributed by atoms with Crippen LogP contribution in [0.5, 0.6) is 0 Å². The maximum Gasteiger partial charge on any atom is 0.271 e. The van der Waals surface area contributed by atoms with Crippen LogP contribution in [0.1, 0.15) is 27.3 Å². The van der Waals surface area contributed by atoms with Gasteiger partial charge >= 0.3 is 0 Å². The number of hydrogen-bond acceptors (Lipinski definition) is 4. The number of carbonyl (C=O) groups is 1. The summed E-state index contributed by atoms with van der Waals surface area (Å²) in [7, 11) is 0. The molecule has 2 aromatic heterocycles. The molecule has 3 heterocycles. The molecule has 1 amide bonds. The number of amides is 1. The molecule has 0 N–H and O–H groups in total. The molecule has 1 aliphatic heterocycles. The molecule has 4 rings (SSSR count). The lowest BCUT2D eigenvalue weighted by Gasteiger charge is -2.28. The highest BCUT2D eigenvalue weighted by Crippen LogP contribution is 2.34. The maximum absolute atomic E-state index is 13.6. The van der Waals surface area contributed by atoms with Gasteiger partial charge in [-0.2, -0.15) is 0 Å². The van der Waals surface area contributed by atoms with Gasteiger partial charge in [-0.3, -0.25) is 4.79 Å². The third-order valence-electron chi connectivity index (χ3n) is 5.42. The average molecular weight is 411 g/mol. The fraction of sp³-hybridized carbons (Fsp3) is 0.318. The average Bonchev–Trinajstić information content (AvgIpc) is 3.00. The van der Waals surface area contributed by atoms with Gasteiger partial charge in [0.25, 0.3) is 5.91 Å². The molecule has 0 saturated carbocycles. The first-order valence-electron chi connectivity index (χ1n) is 9.63. The molecular formula is C22H23ClN4O2. The lowest BCUT2D eigenvalue weighted by Crippen LogP contribution is -2.41. The number of rotatable bonds is 4. The molecule has 0 aliphatic carbocycles. The summed E-state index contributed by atoms with van der Waals surface area (Å²) in [5.41, 5.74) is 5.70. The van der Waals surface area contributed by atoms with Crippen LogP contribution < -0.4 is 0 Å². The van der Waals surface area contributed by atoms with E-state index in [1.165, 1.54) is 6.33 Å². The Labute approximate surface area is 175 Å². The van der Waals surface area contributed by atoms with Crippen molar-refractivity contribution in [2.24, 2.45) is 0 Å². The predicted molar refractivity (Wildman–Crippen MR) is 112 cm³/mol. The van der Waals surface area contributed by atoms with E-state index in [-0.39, 0.29) is 5.91 Å². The Bertz CT molecular complexity index is 1010. The monoisotopic (exact) mass is 410 g/mol. The summed E-state index contributed by atoms with van der Waals surface area (Å²) in [5, 5.41) is 0.671. The summed E-state index contributed by atoms with van der Waals surface area (Å²) < 4.78 is 7.52. The number of morpholine rings is 1. The van der Waals surface area contributed by atoms with Gasteiger partial charge in [-0.25, -0.2) is 9.97 Å². The second kappa shape index (κ2) is 8.35. The molecule has 29 heavy (non-hydrogen) atoms. The van der Waals surface area contributed by atoms with Crippen LogP contribution in [0.4, 0.5) is 0 Å². The van der Waals surface area contributed by atoms with Gasteiger partial charge in [0, 0.05) is 47.3 Å². The van der Waals surface area contributed by atoms with Crippen molar-refractivity contribution in [3.63, 3.8) is 0 Å². The Morgan fingerprint density at radius 2 is 1.76 bits per heavy atom. The predicted octanol–water partition coefficient (Wildman–Crippen LogP) is 3.74. The summed E-state index contributed by atoms with van der Waals surface area (Å²) in [4.78, 5) is 23.7. The van der Waals surface area contributed by atoms with Crippen LogP contribution in [0.3, 0.4) is 0 Å². The molecule has 1 aromatic carbocycles. The van der Waals surface area contributed by atoms with Gasteiger partial charge in [0.1, 0.15) is 12.0 Å². The lowest BCUT2D eigenvalue weighted by atomic mass is 10.0. The van der Waals surface area contributed by atoms with E-state index in [1.54, 1.807) is 12.4 Å². The van der Waals surface area contributed by atoms with Crippen LogP contribution in [0.2, 0.25) is 5.02 Å².